The Morgan fingerprint density at radius 2 is 1.83 bits per heavy atom. The molecule has 2 rings (SSSR count). The van der Waals surface area contributed by atoms with E-state index in [1.54, 1.807) is 24.3 Å². The second-order valence-electron chi connectivity index (χ2n) is 5.73. The van der Waals surface area contributed by atoms with Crippen molar-refractivity contribution in [2.75, 3.05) is 0 Å². The molecule has 0 amide bonds. The van der Waals surface area contributed by atoms with Crippen molar-refractivity contribution in [2.24, 2.45) is 0 Å². The molecule has 0 fully saturated rings. The second-order valence-corrected chi connectivity index (χ2v) is 5.73. The van der Waals surface area contributed by atoms with Gasteiger partial charge in [-0.05, 0) is 56.0 Å². The molecule has 2 aromatic carbocycles. The summed E-state index contributed by atoms with van der Waals surface area (Å²) in [6, 6.07) is 17.0. The highest BCUT2D eigenvalue weighted by molar-refractivity contribution is 5.89. The van der Waals surface area contributed by atoms with Gasteiger partial charge in [0, 0.05) is 0 Å². The zero-order valence-electron chi connectivity index (χ0n) is 14.1. The van der Waals surface area contributed by atoms with Crippen molar-refractivity contribution in [3.8, 4) is 5.75 Å². The van der Waals surface area contributed by atoms with Crippen LogP contribution >= 0.6 is 0 Å². The van der Waals surface area contributed by atoms with Crippen LogP contribution in [0.25, 0.3) is 0 Å². The van der Waals surface area contributed by atoms with Crippen molar-refractivity contribution >= 4 is 5.97 Å². The van der Waals surface area contributed by atoms with Gasteiger partial charge in [0.1, 0.15) is 12.4 Å². The number of hydrogen-bond donors (Lipinski definition) is 0. The Bertz CT molecular complexity index is 632. The van der Waals surface area contributed by atoms with Crippen LogP contribution in [0.4, 0.5) is 0 Å². The summed E-state index contributed by atoms with van der Waals surface area (Å²) in [6.45, 7) is 6.11. The third-order valence-electron chi connectivity index (χ3n) is 3.67. The van der Waals surface area contributed by atoms with Gasteiger partial charge in [0.25, 0.3) is 0 Å². The highest BCUT2D eigenvalue weighted by Gasteiger charge is 2.11. The Labute approximate surface area is 143 Å². The van der Waals surface area contributed by atoms with Crippen molar-refractivity contribution in [2.45, 2.75) is 38.9 Å². The average Bonchev–Trinajstić information content (AvgIpc) is 2.61. The molecule has 24 heavy (non-hydrogen) atoms. The Balaban J connectivity index is 1.82. The summed E-state index contributed by atoms with van der Waals surface area (Å²) in [5.41, 5.74) is 1.65. The van der Waals surface area contributed by atoms with E-state index < -0.39 is 0 Å². The number of unbranched alkanes of at least 4 members (excludes halogenated alkanes) is 1. The standard InChI is InChI=1S/C21H24O3/c1-3-4-6-9-17(2)24-21(22)19-12-14-20(15-13-19)23-16-18-10-7-5-8-11-18/h3,5,7-8,10-15,17H,1,4,6,9,16H2,2H3/t17-/m1/s1. The Kier molecular flexibility index (Phi) is 7.09. The fraction of sp³-hybridized carbons (Fsp3) is 0.286. The number of carbonyl (C=O) groups excluding carboxylic acids is 1. The summed E-state index contributed by atoms with van der Waals surface area (Å²) < 4.78 is 11.1. The molecule has 0 aliphatic rings. The van der Waals surface area contributed by atoms with Crippen LogP contribution in [0.3, 0.4) is 0 Å². The molecule has 2 aromatic rings. The molecule has 0 bridgehead atoms. The third-order valence-corrected chi connectivity index (χ3v) is 3.67. The maximum Gasteiger partial charge on any atom is 0.338 e. The van der Waals surface area contributed by atoms with Gasteiger partial charge < -0.3 is 9.47 Å². The molecule has 0 unspecified atom stereocenters. The lowest BCUT2D eigenvalue weighted by Crippen LogP contribution is -2.14. The first-order chi connectivity index (χ1) is 11.7. The monoisotopic (exact) mass is 324 g/mol. The van der Waals surface area contributed by atoms with Gasteiger partial charge in [0.05, 0.1) is 11.7 Å². The molecule has 0 radical (unpaired) electrons. The van der Waals surface area contributed by atoms with Crippen molar-refractivity contribution in [1.29, 1.82) is 0 Å². The molecule has 0 spiro atoms. The smallest absolute Gasteiger partial charge is 0.338 e. The van der Waals surface area contributed by atoms with Crippen LogP contribution in [-0.4, -0.2) is 12.1 Å². The molecule has 0 aromatic heterocycles. The Morgan fingerprint density at radius 1 is 1.12 bits per heavy atom. The summed E-state index contributed by atoms with van der Waals surface area (Å²) in [4.78, 5) is 12.1. The van der Waals surface area contributed by atoms with Gasteiger partial charge in [-0.2, -0.15) is 0 Å². The normalized spacial score (nSPS) is 11.5. The summed E-state index contributed by atoms with van der Waals surface area (Å²) >= 11 is 0. The molecular weight excluding hydrogens is 300 g/mol. The predicted octanol–water partition coefficient (Wildman–Crippen LogP) is 5.17. The lowest BCUT2D eigenvalue weighted by Gasteiger charge is -2.13. The van der Waals surface area contributed by atoms with Gasteiger partial charge in [0.2, 0.25) is 0 Å². The number of ether oxygens (including phenoxy) is 2. The van der Waals surface area contributed by atoms with Crippen molar-refractivity contribution in [1.82, 2.24) is 0 Å². The number of carbonyl (C=O) groups is 1. The number of esters is 1. The van der Waals surface area contributed by atoms with E-state index in [1.165, 1.54) is 0 Å². The van der Waals surface area contributed by atoms with Gasteiger partial charge in [-0.15, -0.1) is 6.58 Å². The van der Waals surface area contributed by atoms with Crippen LogP contribution in [0, 0.1) is 0 Å². The van der Waals surface area contributed by atoms with Crippen LogP contribution in [-0.2, 0) is 11.3 Å². The Morgan fingerprint density at radius 3 is 2.50 bits per heavy atom. The minimum absolute atomic E-state index is 0.0912. The van der Waals surface area contributed by atoms with Gasteiger partial charge >= 0.3 is 5.97 Å². The minimum Gasteiger partial charge on any atom is -0.489 e. The van der Waals surface area contributed by atoms with E-state index in [0.717, 1.165) is 30.6 Å². The Hall–Kier alpha value is -2.55. The number of hydrogen-bond acceptors (Lipinski definition) is 3. The van der Waals surface area contributed by atoms with Gasteiger partial charge in [-0.3, -0.25) is 0 Å². The van der Waals surface area contributed by atoms with Crippen LogP contribution in [0.15, 0.2) is 67.3 Å². The first-order valence-corrected chi connectivity index (χ1v) is 8.27. The lowest BCUT2D eigenvalue weighted by molar-refractivity contribution is 0.0321. The van der Waals surface area contributed by atoms with E-state index in [2.05, 4.69) is 6.58 Å². The van der Waals surface area contributed by atoms with E-state index >= 15 is 0 Å². The first kappa shape index (κ1) is 17.8. The summed E-state index contributed by atoms with van der Waals surface area (Å²) in [6.07, 6.45) is 4.55. The summed E-state index contributed by atoms with van der Waals surface area (Å²) in [7, 11) is 0. The van der Waals surface area contributed by atoms with E-state index in [0.29, 0.717) is 12.2 Å². The van der Waals surface area contributed by atoms with Crippen LogP contribution in [0.2, 0.25) is 0 Å². The fourth-order valence-corrected chi connectivity index (χ4v) is 2.29. The molecule has 0 N–H and O–H groups in total. The predicted molar refractivity (Wildman–Crippen MR) is 96.1 cm³/mol. The van der Waals surface area contributed by atoms with E-state index in [9.17, 15) is 4.79 Å². The maximum absolute atomic E-state index is 12.1. The lowest BCUT2D eigenvalue weighted by atomic mass is 10.1. The van der Waals surface area contributed by atoms with Gasteiger partial charge in [-0.1, -0.05) is 36.4 Å². The number of benzene rings is 2. The second kappa shape index (κ2) is 9.56. The maximum atomic E-state index is 12.1. The molecule has 0 saturated carbocycles. The van der Waals surface area contributed by atoms with Crippen molar-refractivity contribution < 1.29 is 14.3 Å². The topological polar surface area (TPSA) is 35.5 Å². The molecule has 126 valence electrons. The summed E-state index contributed by atoms with van der Waals surface area (Å²) in [5.74, 6) is 0.435. The molecule has 0 saturated heterocycles. The van der Waals surface area contributed by atoms with Crippen molar-refractivity contribution in [3.05, 3.63) is 78.4 Å². The van der Waals surface area contributed by atoms with Crippen LogP contribution < -0.4 is 4.74 Å². The van der Waals surface area contributed by atoms with Gasteiger partial charge in [0.15, 0.2) is 0 Å². The molecule has 3 nitrogen and oxygen atoms in total. The van der Waals surface area contributed by atoms with Crippen LogP contribution in [0.1, 0.15) is 42.1 Å². The highest BCUT2D eigenvalue weighted by atomic mass is 16.5. The van der Waals surface area contributed by atoms with E-state index in [1.807, 2.05) is 43.3 Å². The molecule has 0 heterocycles. The van der Waals surface area contributed by atoms with E-state index in [-0.39, 0.29) is 12.1 Å². The number of rotatable bonds is 9. The molecule has 1 atom stereocenters. The minimum atomic E-state index is -0.296. The SMILES string of the molecule is C=CCCC[C@@H](C)OC(=O)c1ccc(OCc2ccccc2)cc1. The zero-order valence-corrected chi connectivity index (χ0v) is 14.1. The molecule has 3 heteroatoms. The quantitative estimate of drug-likeness (QED) is 0.363. The average molecular weight is 324 g/mol. The highest BCUT2D eigenvalue weighted by Crippen LogP contribution is 2.16. The number of allylic oxidation sites excluding steroid dienone is 1. The van der Waals surface area contributed by atoms with Gasteiger partial charge in [-0.25, -0.2) is 4.79 Å². The largest absolute Gasteiger partial charge is 0.489 e. The fourth-order valence-electron chi connectivity index (χ4n) is 2.29. The van der Waals surface area contributed by atoms with Crippen molar-refractivity contribution in [3.63, 3.8) is 0 Å². The first-order valence-electron chi connectivity index (χ1n) is 8.27. The molecule has 0 aliphatic carbocycles. The van der Waals surface area contributed by atoms with Crippen LogP contribution in [0.5, 0.6) is 5.75 Å². The molecule has 0 aliphatic heterocycles. The van der Waals surface area contributed by atoms with E-state index in [4.69, 9.17) is 9.47 Å². The zero-order chi connectivity index (χ0) is 17.2. The summed E-state index contributed by atoms with van der Waals surface area (Å²) in [5, 5.41) is 0. The molecular formula is C21H24O3. The third kappa shape index (κ3) is 5.92.